The molecule has 1 N–H and O–H groups in total. The maximum Gasteiger partial charge on any atom is 0.160 e. The Morgan fingerprint density at radius 1 is 1.12 bits per heavy atom. The number of benzene rings is 1. The molecule has 1 aromatic rings. The van der Waals surface area contributed by atoms with Crippen LogP contribution in [-0.4, -0.2) is 27.3 Å². The molecule has 0 unspecified atom stereocenters. The van der Waals surface area contributed by atoms with Crippen molar-refractivity contribution in [2.75, 3.05) is 27.3 Å². The number of rotatable bonds is 7. The Morgan fingerprint density at radius 3 is 2.41 bits per heavy atom. The fourth-order valence-corrected chi connectivity index (χ4v) is 1.66. The fourth-order valence-electron chi connectivity index (χ4n) is 1.66. The molecule has 0 saturated heterocycles. The maximum absolute atomic E-state index is 5.28. The predicted molar refractivity (Wildman–Crippen MR) is 71.0 cm³/mol. The SMILES string of the molecule is COc1ccc(CCNCC(C)C)cc1OC. The summed E-state index contributed by atoms with van der Waals surface area (Å²) < 4.78 is 10.5. The van der Waals surface area contributed by atoms with Gasteiger partial charge in [0.15, 0.2) is 11.5 Å². The maximum atomic E-state index is 5.28. The van der Waals surface area contributed by atoms with Gasteiger partial charge in [-0.25, -0.2) is 0 Å². The molecule has 1 aromatic carbocycles. The van der Waals surface area contributed by atoms with Crippen molar-refractivity contribution in [3.05, 3.63) is 23.8 Å². The number of methoxy groups -OCH3 is 2. The molecule has 0 bridgehead atoms. The Hall–Kier alpha value is -1.22. The summed E-state index contributed by atoms with van der Waals surface area (Å²) in [6.45, 7) is 6.48. The summed E-state index contributed by atoms with van der Waals surface area (Å²) in [5.41, 5.74) is 1.26. The highest BCUT2D eigenvalue weighted by Crippen LogP contribution is 2.27. The van der Waals surface area contributed by atoms with Crippen molar-refractivity contribution >= 4 is 0 Å². The lowest BCUT2D eigenvalue weighted by atomic mass is 10.1. The van der Waals surface area contributed by atoms with Gasteiger partial charge >= 0.3 is 0 Å². The molecule has 0 saturated carbocycles. The second-order valence-electron chi connectivity index (χ2n) is 4.54. The van der Waals surface area contributed by atoms with Crippen LogP contribution < -0.4 is 14.8 Å². The number of hydrogen-bond acceptors (Lipinski definition) is 3. The summed E-state index contributed by atoms with van der Waals surface area (Å²) in [4.78, 5) is 0. The number of ether oxygens (including phenoxy) is 2. The van der Waals surface area contributed by atoms with E-state index in [1.165, 1.54) is 5.56 Å². The molecule has 1 rings (SSSR count). The summed E-state index contributed by atoms with van der Waals surface area (Å²) in [5.74, 6) is 2.28. The molecule has 0 fully saturated rings. The highest BCUT2D eigenvalue weighted by molar-refractivity contribution is 5.42. The Morgan fingerprint density at radius 2 is 1.82 bits per heavy atom. The van der Waals surface area contributed by atoms with Gasteiger partial charge in [0.05, 0.1) is 14.2 Å². The van der Waals surface area contributed by atoms with E-state index in [0.717, 1.165) is 31.0 Å². The van der Waals surface area contributed by atoms with Crippen LogP contribution >= 0.6 is 0 Å². The standard InChI is InChI=1S/C14H23NO2/c1-11(2)10-15-8-7-12-5-6-13(16-3)14(9-12)17-4/h5-6,9,11,15H,7-8,10H2,1-4H3. The van der Waals surface area contributed by atoms with Crippen LogP contribution in [0, 0.1) is 5.92 Å². The third kappa shape index (κ3) is 4.65. The van der Waals surface area contributed by atoms with Crippen LogP contribution in [0.1, 0.15) is 19.4 Å². The lowest BCUT2D eigenvalue weighted by molar-refractivity contribution is 0.354. The molecule has 0 radical (unpaired) electrons. The zero-order chi connectivity index (χ0) is 12.7. The number of hydrogen-bond donors (Lipinski definition) is 1. The van der Waals surface area contributed by atoms with Gasteiger partial charge in [-0.05, 0) is 43.1 Å². The average molecular weight is 237 g/mol. The second-order valence-corrected chi connectivity index (χ2v) is 4.54. The molecule has 0 atom stereocenters. The quantitative estimate of drug-likeness (QED) is 0.739. The van der Waals surface area contributed by atoms with Crippen LogP contribution in [0.4, 0.5) is 0 Å². The first-order valence-electron chi connectivity index (χ1n) is 6.09. The Labute approximate surface area is 104 Å². The smallest absolute Gasteiger partial charge is 0.160 e. The highest BCUT2D eigenvalue weighted by Gasteiger charge is 2.04. The van der Waals surface area contributed by atoms with E-state index in [-0.39, 0.29) is 0 Å². The fraction of sp³-hybridized carbons (Fsp3) is 0.571. The summed E-state index contributed by atoms with van der Waals surface area (Å²) in [6.07, 6.45) is 1.01. The molecule has 0 aliphatic heterocycles. The summed E-state index contributed by atoms with van der Waals surface area (Å²) in [6, 6.07) is 6.07. The lowest BCUT2D eigenvalue weighted by Gasteiger charge is -2.10. The molecule has 96 valence electrons. The Balaban J connectivity index is 2.48. The minimum Gasteiger partial charge on any atom is -0.493 e. The first kappa shape index (κ1) is 13.8. The normalized spacial score (nSPS) is 10.6. The first-order chi connectivity index (χ1) is 8.17. The summed E-state index contributed by atoms with van der Waals surface area (Å²) in [7, 11) is 3.32. The van der Waals surface area contributed by atoms with E-state index >= 15 is 0 Å². The summed E-state index contributed by atoms with van der Waals surface area (Å²) in [5, 5.41) is 3.43. The van der Waals surface area contributed by atoms with Crippen molar-refractivity contribution in [3.8, 4) is 11.5 Å². The molecule has 17 heavy (non-hydrogen) atoms. The highest BCUT2D eigenvalue weighted by atomic mass is 16.5. The molecular weight excluding hydrogens is 214 g/mol. The van der Waals surface area contributed by atoms with Gasteiger partial charge in [-0.3, -0.25) is 0 Å². The minimum atomic E-state index is 0.695. The zero-order valence-corrected chi connectivity index (χ0v) is 11.2. The first-order valence-corrected chi connectivity index (χ1v) is 6.09. The van der Waals surface area contributed by atoms with E-state index in [0.29, 0.717) is 5.92 Å². The van der Waals surface area contributed by atoms with E-state index < -0.39 is 0 Å². The van der Waals surface area contributed by atoms with Crippen molar-refractivity contribution in [2.45, 2.75) is 20.3 Å². The molecule has 3 heteroatoms. The van der Waals surface area contributed by atoms with Crippen LogP contribution in [0.2, 0.25) is 0 Å². The van der Waals surface area contributed by atoms with E-state index in [1.54, 1.807) is 14.2 Å². The van der Waals surface area contributed by atoms with Gasteiger partial charge < -0.3 is 14.8 Å². The summed E-state index contributed by atoms with van der Waals surface area (Å²) >= 11 is 0. The van der Waals surface area contributed by atoms with Crippen molar-refractivity contribution in [2.24, 2.45) is 5.92 Å². The van der Waals surface area contributed by atoms with E-state index in [9.17, 15) is 0 Å². The van der Waals surface area contributed by atoms with Gasteiger partial charge in [-0.15, -0.1) is 0 Å². The van der Waals surface area contributed by atoms with Crippen LogP contribution in [-0.2, 0) is 6.42 Å². The predicted octanol–water partition coefficient (Wildman–Crippen LogP) is 2.49. The molecule has 0 heterocycles. The van der Waals surface area contributed by atoms with Crippen LogP contribution in [0.15, 0.2) is 18.2 Å². The molecule has 3 nitrogen and oxygen atoms in total. The number of nitrogens with one attached hydrogen (secondary N) is 1. The van der Waals surface area contributed by atoms with E-state index in [4.69, 9.17) is 9.47 Å². The van der Waals surface area contributed by atoms with Crippen LogP contribution in [0.25, 0.3) is 0 Å². The third-order valence-corrected chi connectivity index (χ3v) is 2.59. The molecule has 0 aromatic heterocycles. The minimum absolute atomic E-state index is 0.695. The molecule has 0 aliphatic carbocycles. The molecule has 0 aliphatic rings. The van der Waals surface area contributed by atoms with Crippen molar-refractivity contribution in [3.63, 3.8) is 0 Å². The van der Waals surface area contributed by atoms with Crippen molar-refractivity contribution < 1.29 is 9.47 Å². The zero-order valence-electron chi connectivity index (χ0n) is 11.2. The van der Waals surface area contributed by atoms with Gasteiger partial charge in [0.1, 0.15) is 0 Å². The van der Waals surface area contributed by atoms with E-state index in [2.05, 4.69) is 25.2 Å². The lowest BCUT2D eigenvalue weighted by Crippen LogP contribution is -2.22. The molecule has 0 amide bonds. The van der Waals surface area contributed by atoms with E-state index in [1.807, 2.05) is 12.1 Å². The average Bonchev–Trinajstić information content (AvgIpc) is 2.34. The van der Waals surface area contributed by atoms with Crippen molar-refractivity contribution in [1.29, 1.82) is 0 Å². The van der Waals surface area contributed by atoms with Gasteiger partial charge in [0.25, 0.3) is 0 Å². The monoisotopic (exact) mass is 237 g/mol. The molecule has 0 spiro atoms. The van der Waals surface area contributed by atoms with Gasteiger partial charge in [-0.2, -0.15) is 0 Å². The van der Waals surface area contributed by atoms with Crippen LogP contribution in [0.5, 0.6) is 11.5 Å². The van der Waals surface area contributed by atoms with Crippen molar-refractivity contribution in [1.82, 2.24) is 5.32 Å². The van der Waals surface area contributed by atoms with Gasteiger partial charge in [-0.1, -0.05) is 19.9 Å². The largest absolute Gasteiger partial charge is 0.493 e. The Kier molecular flexibility index (Phi) is 5.84. The second kappa shape index (κ2) is 7.17. The third-order valence-electron chi connectivity index (χ3n) is 2.59. The van der Waals surface area contributed by atoms with Gasteiger partial charge in [0, 0.05) is 0 Å². The topological polar surface area (TPSA) is 30.5 Å². The molecular formula is C14H23NO2. The van der Waals surface area contributed by atoms with Gasteiger partial charge in [0.2, 0.25) is 0 Å². The Bertz CT molecular complexity index is 337. The van der Waals surface area contributed by atoms with Crippen LogP contribution in [0.3, 0.4) is 0 Å².